The first-order chi connectivity index (χ1) is 14.3. The molecule has 2 atom stereocenters. The molecule has 11 heteroatoms. The molecule has 4 rings (SSSR count). The van der Waals surface area contributed by atoms with E-state index in [1.165, 1.54) is 6.26 Å². The van der Waals surface area contributed by atoms with Gasteiger partial charge in [0.25, 0.3) is 0 Å². The predicted octanol–water partition coefficient (Wildman–Crippen LogP) is 0.0307. The van der Waals surface area contributed by atoms with Crippen molar-refractivity contribution in [2.75, 3.05) is 57.2 Å². The number of aromatic nitrogens is 2. The molecule has 0 aromatic carbocycles. The van der Waals surface area contributed by atoms with Crippen LogP contribution in [0.2, 0.25) is 0 Å². The molecule has 168 valence electrons. The molecule has 1 unspecified atom stereocenters. The van der Waals surface area contributed by atoms with Crippen molar-refractivity contribution in [3.8, 4) is 5.75 Å². The number of aliphatic hydroxyl groups is 1. The summed E-state index contributed by atoms with van der Waals surface area (Å²) in [6, 6.07) is 0.0609. The molecule has 1 aromatic heterocycles. The zero-order chi connectivity index (χ0) is 21.5. The number of aliphatic hydroxyl groups excluding tert-OH is 1. The smallest absolute Gasteiger partial charge is 0.216 e. The zero-order valence-electron chi connectivity index (χ0n) is 17.7. The number of morpholine rings is 1. The normalized spacial score (nSPS) is 25.2. The lowest BCUT2D eigenvalue weighted by atomic mass is 9.91. The molecule has 0 aliphatic carbocycles. The molecule has 1 N–H and O–H groups in total. The summed E-state index contributed by atoms with van der Waals surface area (Å²) in [6.45, 7) is 6.92. The van der Waals surface area contributed by atoms with Gasteiger partial charge in [0.05, 0.1) is 19.3 Å². The van der Waals surface area contributed by atoms with Crippen molar-refractivity contribution >= 4 is 15.7 Å². The highest BCUT2D eigenvalue weighted by molar-refractivity contribution is 7.91. The lowest BCUT2D eigenvalue weighted by Crippen LogP contribution is -2.53. The number of nitrogens with zero attached hydrogens (tertiary/aromatic N) is 4. The third-order valence-corrected chi connectivity index (χ3v) is 8.28. The van der Waals surface area contributed by atoms with Gasteiger partial charge in [-0.3, -0.25) is 4.90 Å². The Labute approximate surface area is 177 Å². The second kappa shape index (κ2) is 8.19. The van der Waals surface area contributed by atoms with E-state index in [1.54, 1.807) is 18.7 Å². The van der Waals surface area contributed by atoms with Crippen LogP contribution in [0.15, 0.2) is 0 Å². The second-order valence-electron chi connectivity index (χ2n) is 8.09. The highest BCUT2D eigenvalue weighted by Gasteiger charge is 2.51. The van der Waals surface area contributed by atoms with Gasteiger partial charge in [-0.25, -0.2) is 18.4 Å². The van der Waals surface area contributed by atoms with E-state index in [-0.39, 0.29) is 18.9 Å². The summed E-state index contributed by atoms with van der Waals surface area (Å²) in [4.78, 5) is 13.1. The van der Waals surface area contributed by atoms with Crippen LogP contribution in [0.3, 0.4) is 0 Å². The predicted molar refractivity (Wildman–Crippen MR) is 109 cm³/mol. The van der Waals surface area contributed by atoms with Gasteiger partial charge in [0, 0.05) is 32.5 Å². The molecule has 0 saturated carbocycles. The lowest BCUT2D eigenvalue weighted by Gasteiger charge is -2.44. The van der Waals surface area contributed by atoms with Crippen molar-refractivity contribution in [1.82, 2.24) is 14.9 Å². The third-order valence-electron chi connectivity index (χ3n) is 6.25. The number of hydrogen-bond acceptors (Lipinski definition) is 10. The highest BCUT2D eigenvalue weighted by atomic mass is 32.2. The second-order valence-corrected chi connectivity index (χ2v) is 10.4. The van der Waals surface area contributed by atoms with E-state index >= 15 is 0 Å². The minimum Gasteiger partial charge on any atom is -0.486 e. The molecular formula is C19H30N4O6S. The van der Waals surface area contributed by atoms with Gasteiger partial charge in [0.1, 0.15) is 22.9 Å². The summed E-state index contributed by atoms with van der Waals surface area (Å²) < 4.78 is 42.0. The number of aryl methyl sites for hydroxylation is 1. The molecule has 1 aromatic rings. The minimum absolute atomic E-state index is 0.0609. The number of likely N-dealkylation sites (tertiary alicyclic amines) is 1. The van der Waals surface area contributed by atoms with E-state index in [2.05, 4.69) is 14.9 Å². The molecule has 2 saturated heterocycles. The monoisotopic (exact) mass is 442 g/mol. The van der Waals surface area contributed by atoms with Crippen LogP contribution in [0, 0.1) is 6.92 Å². The summed E-state index contributed by atoms with van der Waals surface area (Å²) in [5, 5.41) is 10.2. The molecule has 2 fully saturated rings. The Balaban J connectivity index is 1.74. The van der Waals surface area contributed by atoms with Crippen LogP contribution in [-0.2, 0) is 24.1 Å². The summed E-state index contributed by atoms with van der Waals surface area (Å²) in [5.41, 5.74) is 0.433. The maximum atomic E-state index is 13.1. The zero-order valence-corrected chi connectivity index (χ0v) is 18.5. The summed E-state index contributed by atoms with van der Waals surface area (Å²) in [7, 11) is -3.54. The van der Waals surface area contributed by atoms with Crippen LogP contribution < -0.4 is 9.64 Å². The molecule has 0 bridgehead atoms. The van der Waals surface area contributed by atoms with Crippen LogP contribution in [0.25, 0.3) is 0 Å². The van der Waals surface area contributed by atoms with Gasteiger partial charge < -0.3 is 24.2 Å². The van der Waals surface area contributed by atoms with E-state index in [9.17, 15) is 13.5 Å². The van der Waals surface area contributed by atoms with Crippen LogP contribution >= 0.6 is 0 Å². The Hall–Kier alpha value is -1.53. The Morgan fingerprint density at radius 3 is 2.67 bits per heavy atom. The number of fused-ring (bicyclic) bond motifs is 3. The molecule has 4 heterocycles. The van der Waals surface area contributed by atoms with Crippen LogP contribution in [-0.4, -0.2) is 93.2 Å². The first-order valence-electron chi connectivity index (χ1n) is 10.4. The number of anilines is 1. The van der Waals surface area contributed by atoms with Gasteiger partial charge in [0.2, 0.25) is 6.41 Å². The van der Waals surface area contributed by atoms with Crippen molar-refractivity contribution in [3.05, 3.63) is 11.5 Å². The first-order valence-corrected chi connectivity index (χ1v) is 12.3. The average molecular weight is 443 g/mol. The van der Waals surface area contributed by atoms with Crippen LogP contribution in [0.5, 0.6) is 5.75 Å². The molecule has 0 radical (unpaired) electrons. The standard InChI is InChI=1S/C19H30N4O6S/c1-4-28-18(24)22-7-5-19(6-8-22,30(3,25)26)16-15-17(21-13(2)20-16)23-9-10-27-11-14(23)12-29-15/h14,18,24H,4-12H2,1-3H3/t14-,18?/m0/s1. The molecule has 0 amide bonds. The van der Waals surface area contributed by atoms with Crippen molar-refractivity contribution in [3.63, 3.8) is 0 Å². The highest BCUT2D eigenvalue weighted by Crippen LogP contribution is 2.47. The number of piperidine rings is 1. The van der Waals surface area contributed by atoms with Crippen LogP contribution in [0.4, 0.5) is 5.82 Å². The fraction of sp³-hybridized carbons (Fsp3) is 0.789. The van der Waals surface area contributed by atoms with Gasteiger partial charge in [-0.1, -0.05) is 0 Å². The number of ether oxygens (including phenoxy) is 3. The van der Waals surface area contributed by atoms with Crippen molar-refractivity contribution in [2.45, 2.75) is 43.9 Å². The summed E-state index contributed by atoms with van der Waals surface area (Å²) in [6.07, 6.45) is 0.786. The Bertz CT molecular complexity index is 887. The number of rotatable bonds is 5. The Kier molecular flexibility index (Phi) is 5.92. The maximum Gasteiger partial charge on any atom is 0.216 e. The van der Waals surface area contributed by atoms with Crippen molar-refractivity contribution < 1.29 is 27.7 Å². The molecular weight excluding hydrogens is 412 g/mol. The van der Waals surface area contributed by atoms with E-state index in [0.717, 1.165) is 0 Å². The number of sulfone groups is 1. The van der Waals surface area contributed by atoms with Crippen molar-refractivity contribution in [1.29, 1.82) is 0 Å². The molecule has 30 heavy (non-hydrogen) atoms. The third kappa shape index (κ3) is 3.66. The molecule has 0 spiro atoms. The fourth-order valence-electron chi connectivity index (χ4n) is 4.58. The van der Waals surface area contributed by atoms with Gasteiger partial charge in [-0.15, -0.1) is 0 Å². The van der Waals surface area contributed by atoms with E-state index in [0.29, 0.717) is 69.1 Å². The first kappa shape index (κ1) is 21.7. The topological polar surface area (TPSA) is 114 Å². The maximum absolute atomic E-state index is 13.1. The van der Waals surface area contributed by atoms with E-state index in [1.807, 2.05) is 0 Å². The minimum atomic E-state index is -3.54. The molecule has 3 aliphatic heterocycles. The quantitative estimate of drug-likeness (QED) is 0.627. The average Bonchev–Trinajstić information content (AvgIpc) is 2.72. The van der Waals surface area contributed by atoms with Gasteiger partial charge in [0.15, 0.2) is 21.4 Å². The Morgan fingerprint density at radius 2 is 2.00 bits per heavy atom. The SMILES string of the molecule is CCOC(O)N1CCC(c2nc(C)nc3c2OC[C@@H]2COCCN32)(S(C)(=O)=O)CC1. The van der Waals surface area contributed by atoms with Gasteiger partial charge in [-0.2, -0.15) is 0 Å². The van der Waals surface area contributed by atoms with Crippen molar-refractivity contribution in [2.24, 2.45) is 0 Å². The summed E-state index contributed by atoms with van der Waals surface area (Å²) in [5.74, 6) is 1.62. The van der Waals surface area contributed by atoms with E-state index in [4.69, 9.17) is 14.2 Å². The largest absolute Gasteiger partial charge is 0.486 e. The van der Waals surface area contributed by atoms with E-state index < -0.39 is 21.0 Å². The van der Waals surface area contributed by atoms with Gasteiger partial charge >= 0.3 is 0 Å². The molecule has 3 aliphatic rings. The summed E-state index contributed by atoms with van der Waals surface area (Å²) >= 11 is 0. The fourth-order valence-corrected chi connectivity index (χ4v) is 5.99. The molecule has 10 nitrogen and oxygen atoms in total. The Morgan fingerprint density at radius 1 is 1.27 bits per heavy atom. The number of hydrogen-bond donors (Lipinski definition) is 1. The lowest BCUT2D eigenvalue weighted by molar-refractivity contribution is -0.196. The van der Waals surface area contributed by atoms with Gasteiger partial charge in [-0.05, 0) is 26.7 Å². The van der Waals surface area contributed by atoms with Crippen LogP contribution in [0.1, 0.15) is 31.3 Å².